The fourth-order valence-corrected chi connectivity index (χ4v) is 3.05. The standard InChI is InChI=1S/C17H17NO4S/c1-2-22-17(21)13(14(19)11-6-4-3-5-7-11)10-12-8-9-23-15(12)16(18)20/h3-9,13H,2,10H2,1H3,(H2,18,20). The van der Waals surface area contributed by atoms with E-state index in [-0.39, 0.29) is 18.8 Å². The molecule has 2 aromatic rings. The minimum Gasteiger partial charge on any atom is -0.465 e. The summed E-state index contributed by atoms with van der Waals surface area (Å²) >= 11 is 1.19. The SMILES string of the molecule is CCOC(=O)C(Cc1ccsc1C(N)=O)C(=O)c1ccccc1. The van der Waals surface area contributed by atoms with Crippen molar-refractivity contribution in [3.63, 3.8) is 0 Å². The predicted octanol–water partition coefficient (Wildman–Crippen LogP) is 2.45. The number of Topliss-reactive ketones (excluding diaryl/α,β-unsaturated/α-hetero) is 1. The van der Waals surface area contributed by atoms with Crippen molar-refractivity contribution in [2.45, 2.75) is 13.3 Å². The van der Waals surface area contributed by atoms with Gasteiger partial charge < -0.3 is 10.5 Å². The highest BCUT2D eigenvalue weighted by molar-refractivity contribution is 7.12. The maximum Gasteiger partial charge on any atom is 0.317 e. The van der Waals surface area contributed by atoms with Crippen molar-refractivity contribution in [1.29, 1.82) is 0 Å². The van der Waals surface area contributed by atoms with Gasteiger partial charge in [-0.05, 0) is 30.4 Å². The average Bonchev–Trinajstić information content (AvgIpc) is 3.01. The van der Waals surface area contributed by atoms with E-state index >= 15 is 0 Å². The molecule has 0 saturated heterocycles. The topological polar surface area (TPSA) is 86.5 Å². The van der Waals surface area contributed by atoms with Crippen molar-refractivity contribution in [3.05, 3.63) is 57.8 Å². The molecule has 0 aliphatic carbocycles. The zero-order valence-corrected chi connectivity index (χ0v) is 13.5. The van der Waals surface area contributed by atoms with Crippen LogP contribution in [0.1, 0.15) is 32.5 Å². The van der Waals surface area contributed by atoms with Crippen LogP contribution < -0.4 is 5.73 Å². The summed E-state index contributed by atoms with van der Waals surface area (Å²) in [7, 11) is 0. The van der Waals surface area contributed by atoms with Gasteiger partial charge in [0.25, 0.3) is 5.91 Å². The fraction of sp³-hybridized carbons (Fsp3) is 0.235. The lowest BCUT2D eigenvalue weighted by Gasteiger charge is -2.14. The van der Waals surface area contributed by atoms with Crippen LogP contribution in [-0.2, 0) is 16.0 Å². The molecule has 1 unspecified atom stereocenters. The lowest BCUT2D eigenvalue weighted by molar-refractivity contribution is -0.146. The Morgan fingerprint density at radius 2 is 1.87 bits per heavy atom. The Bertz CT molecular complexity index is 708. The summed E-state index contributed by atoms with van der Waals surface area (Å²) in [4.78, 5) is 36.7. The largest absolute Gasteiger partial charge is 0.465 e. The number of esters is 1. The molecular weight excluding hydrogens is 314 g/mol. The van der Waals surface area contributed by atoms with Crippen LogP contribution in [0.2, 0.25) is 0 Å². The van der Waals surface area contributed by atoms with Gasteiger partial charge in [0.2, 0.25) is 0 Å². The number of ether oxygens (including phenoxy) is 1. The van der Waals surface area contributed by atoms with Crippen LogP contribution in [0.3, 0.4) is 0 Å². The Labute approximate surface area is 138 Å². The molecule has 2 N–H and O–H groups in total. The van der Waals surface area contributed by atoms with Crippen molar-refractivity contribution in [1.82, 2.24) is 0 Å². The molecule has 0 saturated carbocycles. The van der Waals surface area contributed by atoms with E-state index in [1.54, 1.807) is 48.7 Å². The molecule has 0 radical (unpaired) electrons. The van der Waals surface area contributed by atoms with Gasteiger partial charge in [-0.3, -0.25) is 14.4 Å². The summed E-state index contributed by atoms with van der Waals surface area (Å²) in [6, 6.07) is 10.3. The minimum atomic E-state index is -0.995. The van der Waals surface area contributed by atoms with Crippen LogP contribution in [0.25, 0.3) is 0 Å². The van der Waals surface area contributed by atoms with Gasteiger partial charge in [-0.1, -0.05) is 30.3 Å². The van der Waals surface area contributed by atoms with Gasteiger partial charge in [0.15, 0.2) is 5.78 Å². The van der Waals surface area contributed by atoms with Crippen LogP contribution in [0.4, 0.5) is 0 Å². The van der Waals surface area contributed by atoms with Crippen molar-refractivity contribution in [2.24, 2.45) is 11.7 Å². The van der Waals surface area contributed by atoms with Crippen LogP contribution in [0.5, 0.6) is 0 Å². The maximum atomic E-state index is 12.7. The van der Waals surface area contributed by atoms with Crippen molar-refractivity contribution < 1.29 is 19.1 Å². The summed E-state index contributed by atoms with van der Waals surface area (Å²) in [6.45, 7) is 1.87. The van der Waals surface area contributed by atoms with Crippen LogP contribution in [0.15, 0.2) is 41.8 Å². The number of hydrogen-bond donors (Lipinski definition) is 1. The number of carbonyl (C=O) groups is 3. The average molecular weight is 331 g/mol. The number of benzene rings is 1. The predicted molar refractivity (Wildman–Crippen MR) is 87.4 cm³/mol. The van der Waals surface area contributed by atoms with E-state index in [1.165, 1.54) is 11.3 Å². The van der Waals surface area contributed by atoms with E-state index in [9.17, 15) is 14.4 Å². The van der Waals surface area contributed by atoms with Gasteiger partial charge in [-0.2, -0.15) is 0 Å². The van der Waals surface area contributed by atoms with Crippen molar-refractivity contribution in [2.75, 3.05) is 6.61 Å². The van der Waals surface area contributed by atoms with Gasteiger partial charge in [0, 0.05) is 5.56 Å². The third kappa shape index (κ3) is 4.04. The highest BCUT2D eigenvalue weighted by Crippen LogP contribution is 2.23. The number of primary amides is 1. The molecule has 2 rings (SSSR count). The van der Waals surface area contributed by atoms with Gasteiger partial charge in [0.05, 0.1) is 11.5 Å². The van der Waals surface area contributed by atoms with Crippen LogP contribution >= 0.6 is 11.3 Å². The Morgan fingerprint density at radius 1 is 1.17 bits per heavy atom. The number of carbonyl (C=O) groups excluding carboxylic acids is 3. The molecule has 0 aliphatic rings. The monoisotopic (exact) mass is 331 g/mol. The van der Waals surface area contributed by atoms with Gasteiger partial charge in [-0.25, -0.2) is 0 Å². The number of ketones is 1. The van der Waals surface area contributed by atoms with E-state index in [0.717, 1.165) is 0 Å². The van der Waals surface area contributed by atoms with Gasteiger partial charge >= 0.3 is 5.97 Å². The van der Waals surface area contributed by atoms with Crippen LogP contribution in [-0.4, -0.2) is 24.3 Å². The molecule has 6 heteroatoms. The van der Waals surface area contributed by atoms with Crippen LogP contribution in [0, 0.1) is 5.92 Å². The summed E-state index contributed by atoms with van der Waals surface area (Å²) < 4.78 is 5.02. The Balaban J connectivity index is 2.31. The molecule has 120 valence electrons. The van der Waals surface area contributed by atoms with E-state index < -0.39 is 17.8 Å². The number of hydrogen-bond acceptors (Lipinski definition) is 5. The zero-order chi connectivity index (χ0) is 16.8. The maximum absolute atomic E-state index is 12.7. The summed E-state index contributed by atoms with van der Waals surface area (Å²) in [5.74, 6) is -2.48. The third-order valence-corrected chi connectivity index (χ3v) is 4.31. The molecule has 1 heterocycles. The first kappa shape index (κ1) is 16.9. The molecule has 1 amide bonds. The summed E-state index contributed by atoms with van der Waals surface area (Å²) in [6.07, 6.45) is 0.0916. The number of thiophene rings is 1. The second-order valence-electron chi connectivity index (χ2n) is 4.88. The molecular formula is C17H17NO4S. The Morgan fingerprint density at radius 3 is 2.48 bits per heavy atom. The molecule has 1 atom stereocenters. The van der Waals surface area contributed by atoms with E-state index in [2.05, 4.69) is 0 Å². The highest BCUT2D eigenvalue weighted by atomic mass is 32.1. The smallest absolute Gasteiger partial charge is 0.317 e. The van der Waals surface area contributed by atoms with E-state index in [1.807, 2.05) is 0 Å². The lowest BCUT2D eigenvalue weighted by atomic mass is 9.91. The molecule has 0 aliphatic heterocycles. The first-order valence-corrected chi connectivity index (χ1v) is 8.04. The van der Waals surface area contributed by atoms with Crippen molar-refractivity contribution in [3.8, 4) is 0 Å². The van der Waals surface area contributed by atoms with E-state index in [4.69, 9.17) is 10.5 Å². The first-order valence-electron chi connectivity index (χ1n) is 7.16. The summed E-state index contributed by atoms with van der Waals surface area (Å²) in [5, 5.41) is 1.71. The fourth-order valence-electron chi connectivity index (χ4n) is 2.26. The normalized spacial score (nSPS) is 11.7. The minimum absolute atomic E-state index is 0.0916. The second-order valence-corrected chi connectivity index (χ2v) is 5.79. The van der Waals surface area contributed by atoms with Gasteiger partial charge in [0.1, 0.15) is 5.92 Å². The quantitative estimate of drug-likeness (QED) is 0.480. The second kappa shape index (κ2) is 7.69. The number of amides is 1. The van der Waals surface area contributed by atoms with E-state index in [0.29, 0.717) is 16.0 Å². The van der Waals surface area contributed by atoms with Crippen molar-refractivity contribution >= 4 is 29.0 Å². The number of rotatable bonds is 7. The molecule has 23 heavy (non-hydrogen) atoms. The Kier molecular flexibility index (Phi) is 5.65. The Hall–Kier alpha value is -2.47. The molecule has 1 aromatic heterocycles. The molecule has 0 fully saturated rings. The highest BCUT2D eigenvalue weighted by Gasteiger charge is 2.30. The molecule has 1 aromatic carbocycles. The summed E-state index contributed by atoms with van der Waals surface area (Å²) in [5.41, 5.74) is 6.35. The first-order chi connectivity index (χ1) is 11.0. The zero-order valence-electron chi connectivity index (χ0n) is 12.7. The van der Waals surface area contributed by atoms with Gasteiger partial charge in [-0.15, -0.1) is 11.3 Å². The number of nitrogens with two attached hydrogens (primary N) is 1. The molecule has 0 bridgehead atoms. The molecule has 5 nitrogen and oxygen atoms in total. The molecule has 0 spiro atoms. The third-order valence-electron chi connectivity index (χ3n) is 3.34. The lowest BCUT2D eigenvalue weighted by Crippen LogP contribution is -2.29.